The van der Waals surface area contributed by atoms with Crippen LogP contribution in [0, 0.1) is 26.2 Å². The fraction of sp³-hybridized carbons (Fsp3) is 0.278. The molecule has 1 atom stereocenters. The van der Waals surface area contributed by atoms with Gasteiger partial charge in [0.05, 0.1) is 6.04 Å². The van der Waals surface area contributed by atoms with E-state index in [0.29, 0.717) is 11.2 Å². The Labute approximate surface area is 139 Å². The highest BCUT2D eigenvalue weighted by Crippen LogP contribution is 2.21. The highest BCUT2D eigenvalue weighted by molar-refractivity contribution is 9.10. The molecule has 0 aliphatic carbocycles. The van der Waals surface area contributed by atoms with Gasteiger partial charge in [0.2, 0.25) is 0 Å². The van der Waals surface area contributed by atoms with Gasteiger partial charge in [-0.1, -0.05) is 24.1 Å². The van der Waals surface area contributed by atoms with Gasteiger partial charge in [-0.3, -0.25) is 4.79 Å². The number of halogens is 1. The Balaban J connectivity index is 2.35. The van der Waals surface area contributed by atoms with Crippen molar-refractivity contribution in [3.63, 3.8) is 0 Å². The quantitative estimate of drug-likeness (QED) is 0.761. The normalized spacial score (nSPS) is 11.8. The number of furan rings is 1. The Morgan fingerprint density at radius 2 is 1.95 bits per heavy atom. The van der Waals surface area contributed by atoms with Crippen molar-refractivity contribution in [1.29, 1.82) is 0 Å². The molecular weight excluding hydrogens is 342 g/mol. The summed E-state index contributed by atoms with van der Waals surface area (Å²) in [7, 11) is 0. The first-order chi connectivity index (χ1) is 10.4. The highest BCUT2D eigenvalue weighted by atomic mass is 79.9. The van der Waals surface area contributed by atoms with Gasteiger partial charge < -0.3 is 9.32 Å². The molecule has 0 spiro atoms. The second-order valence-electron chi connectivity index (χ2n) is 5.25. The molecule has 1 aromatic heterocycles. The van der Waals surface area contributed by atoms with Crippen LogP contribution in [0.4, 0.5) is 0 Å². The van der Waals surface area contributed by atoms with Gasteiger partial charge in [0.15, 0.2) is 10.4 Å². The Morgan fingerprint density at radius 1 is 1.32 bits per heavy atom. The van der Waals surface area contributed by atoms with Crippen LogP contribution >= 0.6 is 15.9 Å². The smallest absolute Gasteiger partial charge is 0.290 e. The van der Waals surface area contributed by atoms with E-state index in [2.05, 4.69) is 21.9 Å². The van der Waals surface area contributed by atoms with Crippen molar-refractivity contribution in [2.75, 3.05) is 0 Å². The lowest BCUT2D eigenvalue weighted by atomic mass is 10.0. The second-order valence-corrected chi connectivity index (χ2v) is 6.03. The van der Waals surface area contributed by atoms with Crippen molar-refractivity contribution in [2.45, 2.75) is 33.4 Å². The minimum absolute atomic E-state index is 0.209. The SMILES string of the molecule is C#CC(C)N(Cc1c(C)cccc1C)C(=O)c1ccc(Br)o1. The maximum Gasteiger partial charge on any atom is 0.290 e. The monoisotopic (exact) mass is 359 g/mol. The Morgan fingerprint density at radius 3 is 2.45 bits per heavy atom. The summed E-state index contributed by atoms with van der Waals surface area (Å²) in [5, 5.41) is 0. The molecule has 2 rings (SSSR count). The first-order valence-corrected chi connectivity index (χ1v) is 7.81. The van der Waals surface area contributed by atoms with Crippen LogP contribution in [0.15, 0.2) is 39.4 Å². The van der Waals surface area contributed by atoms with Crippen molar-refractivity contribution in [1.82, 2.24) is 4.90 Å². The molecule has 1 amide bonds. The number of hydrogen-bond donors (Lipinski definition) is 0. The van der Waals surface area contributed by atoms with Gasteiger partial charge in [-0.15, -0.1) is 6.42 Å². The Hall–Kier alpha value is -1.99. The van der Waals surface area contributed by atoms with Crippen molar-refractivity contribution in [3.05, 3.63) is 57.5 Å². The number of terminal acetylenes is 1. The summed E-state index contributed by atoms with van der Waals surface area (Å²) in [6, 6.07) is 9.10. The summed E-state index contributed by atoms with van der Waals surface area (Å²) in [6.45, 7) is 6.37. The fourth-order valence-electron chi connectivity index (χ4n) is 2.31. The number of nitrogens with zero attached hydrogens (tertiary/aromatic N) is 1. The van der Waals surface area contributed by atoms with Crippen molar-refractivity contribution in [3.8, 4) is 12.3 Å². The van der Waals surface area contributed by atoms with Crippen LogP contribution in [-0.4, -0.2) is 16.8 Å². The molecule has 3 nitrogen and oxygen atoms in total. The van der Waals surface area contributed by atoms with Gasteiger partial charge in [0.25, 0.3) is 5.91 Å². The molecule has 0 saturated heterocycles. The van der Waals surface area contributed by atoms with Gasteiger partial charge in [0, 0.05) is 6.54 Å². The van der Waals surface area contributed by atoms with E-state index in [1.165, 1.54) is 0 Å². The zero-order valence-corrected chi connectivity index (χ0v) is 14.5. The summed E-state index contributed by atoms with van der Waals surface area (Å²) in [5.74, 6) is 2.70. The van der Waals surface area contributed by atoms with Crippen molar-refractivity contribution in [2.24, 2.45) is 0 Å². The summed E-state index contributed by atoms with van der Waals surface area (Å²) < 4.78 is 5.90. The molecule has 114 valence electrons. The van der Waals surface area contributed by atoms with E-state index in [1.54, 1.807) is 17.0 Å². The summed E-state index contributed by atoms with van der Waals surface area (Å²) in [6.07, 6.45) is 5.54. The van der Waals surface area contributed by atoms with E-state index in [-0.39, 0.29) is 17.7 Å². The van der Waals surface area contributed by atoms with E-state index >= 15 is 0 Å². The molecular formula is C18H18BrNO2. The van der Waals surface area contributed by atoms with Crippen molar-refractivity contribution >= 4 is 21.8 Å². The molecule has 1 unspecified atom stereocenters. The van der Waals surface area contributed by atoms with E-state index in [1.807, 2.05) is 39.0 Å². The second kappa shape index (κ2) is 6.85. The Bertz CT molecular complexity index is 707. The third-order valence-corrected chi connectivity index (χ3v) is 4.15. The van der Waals surface area contributed by atoms with Crippen LogP contribution < -0.4 is 0 Å². The molecule has 0 saturated carbocycles. The molecule has 0 N–H and O–H groups in total. The molecule has 4 heteroatoms. The van der Waals surface area contributed by atoms with E-state index in [0.717, 1.165) is 16.7 Å². The number of amides is 1. The first kappa shape index (κ1) is 16.4. The van der Waals surface area contributed by atoms with Gasteiger partial charge in [-0.05, 0) is 65.5 Å². The van der Waals surface area contributed by atoms with E-state index in [4.69, 9.17) is 10.8 Å². The number of hydrogen-bond acceptors (Lipinski definition) is 2. The minimum atomic E-state index is -0.324. The number of aryl methyl sites for hydroxylation is 2. The number of carbonyl (C=O) groups excluding carboxylic acids is 1. The number of carbonyl (C=O) groups is 1. The molecule has 2 aromatic rings. The summed E-state index contributed by atoms with van der Waals surface area (Å²) in [4.78, 5) is 14.4. The van der Waals surface area contributed by atoms with Crippen LogP contribution in [0.25, 0.3) is 0 Å². The molecule has 0 aliphatic rings. The van der Waals surface area contributed by atoms with E-state index in [9.17, 15) is 4.79 Å². The Kier molecular flexibility index (Phi) is 5.10. The average Bonchev–Trinajstić information content (AvgIpc) is 2.92. The largest absolute Gasteiger partial charge is 0.444 e. The summed E-state index contributed by atoms with van der Waals surface area (Å²) >= 11 is 3.22. The average molecular weight is 360 g/mol. The van der Waals surface area contributed by atoms with Crippen LogP contribution in [0.2, 0.25) is 0 Å². The maximum absolute atomic E-state index is 12.7. The van der Waals surface area contributed by atoms with Crippen LogP contribution in [0.3, 0.4) is 0 Å². The third-order valence-electron chi connectivity index (χ3n) is 3.73. The highest BCUT2D eigenvalue weighted by Gasteiger charge is 2.24. The van der Waals surface area contributed by atoms with Gasteiger partial charge in [0.1, 0.15) is 0 Å². The lowest BCUT2D eigenvalue weighted by Crippen LogP contribution is -2.37. The van der Waals surface area contributed by atoms with Crippen molar-refractivity contribution < 1.29 is 9.21 Å². The predicted octanol–water partition coefficient (Wildman–Crippen LogP) is 4.32. The fourth-order valence-corrected chi connectivity index (χ4v) is 2.62. The van der Waals surface area contributed by atoms with Crippen LogP contribution in [0.1, 0.15) is 34.2 Å². The minimum Gasteiger partial charge on any atom is -0.444 e. The third kappa shape index (κ3) is 3.42. The van der Waals surface area contributed by atoms with Crippen LogP contribution in [-0.2, 0) is 6.54 Å². The maximum atomic E-state index is 12.7. The first-order valence-electron chi connectivity index (χ1n) is 7.01. The van der Waals surface area contributed by atoms with Gasteiger partial charge >= 0.3 is 0 Å². The lowest BCUT2D eigenvalue weighted by Gasteiger charge is -2.26. The standard InChI is InChI=1S/C18H18BrNO2/c1-5-14(4)20(18(21)16-9-10-17(19)22-16)11-15-12(2)7-6-8-13(15)3/h1,6-10,14H,11H2,2-4H3. The molecule has 1 aromatic carbocycles. The number of rotatable bonds is 4. The molecule has 22 heavy (non-hydrogen) atoms. The van der Waals surface area contributed by atoms with E-state index < -0.39 is 0 Å². The zero-order valence-electron chi connectivity index (χ0n) is 12.9. The molecule has 0 bridgehead atoms. The summed E-state index contributed by atoms with van der Waals surface area (Å²) in [5.41, 5.74) is 3.40. The lowest BCUT2D eigenvalue weighted by molar-refractivity contribution is 0.0681. The molecule has 1 heterocycles. The predicted molar refractivity (Wildman–Crippen MR) is 90.5 cm³/mol. The number of benzene rings is 1. The topological polar surface area (TPSA) is 33.5 Å². The molecule has 0 fully saturated rings. The van der Waals surface area contributed by atoms with Crippen LogP contribution in [0.5, 0.6) is 0 Å². The van der Waals surface area contributed by atoms with Gasteiger partial charge in [-0.25, -0.2) is 0 Å². The molecule has 0 aliphatic heterocycles. The zero-order chi connectivity index (χ0) is 16.3. The van der Waals surface area contributed by atoms with Gasteiger partial charge in [-0.2, -0.15) is 0 Å². The molecule has 0 radical (unpaired) electrons.